The van der Waals surface area contributed by atoms with E-state index in [1.807, 2.05) is 20.8 Å². The Bertz CT molecular complexity index is 948. The number of anilines is 1. The second-order valence-corrected chi connectivity index (χ2v) is 10.0. The average molecular weight is 443 g/mol. The van der Waals surface area contributed by atoms with Crippen molar-refractivity contribution in [1.82, 2.24) is 25.6 Å². The largest absolute Gasteiger partial charge is 0.350 e. The van der Waals surface area contributed by atoms with Crippen LogP contribution in [0.5, 0.6) is 0 Å². The number of nitrogens with zero attached hydrogens (tertiary/aromatic N) is 4. The molecule has 32 heavy (non-hydrogen) atoms. The summed E-state index contributed by atoms with van der Waals surface area (Å²) in [6.07, 6.45) is 7.00. The lowest BCUT2D eigenvalue weighted by Crippen LogP contribution is -2.49. The molecule has 1 aliphatic carbocycles. The molecule has 2 aliphatic rings. The molecule has 2 fully saturated rings. The van der Waals surface area contributed by atoms with E-state index in [9.17, 15) is 9.18 Å². The van der Waals surface area contributed by atoms with Gasteiger partial charge in [-0.3, -0.25) is 20.3 Å². The van der Waals surface area contributed by atoms with Crippen molar-refractivity contribution in [2.24, 2.45) is 5.41 Å². The molecule has 1 aliphatic heterocycles. The van der Waals surface area contributed by atoms with E-state index in [-0.39, 0.29) is 17.8 Å². The van der Waals surface area contributed by atoms with E-state index in [1.54, 1.807) is 6.07 Å². The Hall–Kier alpha value is -2.48. The molecule has 2 aromatic heterocycles. The van der Waals surface area contributed by atoms with Crippen LogP contribution in [0.3, 0.4) is 0 Å². The molecule has 0 spiro atoms. The van der Waals surface area contributed by atoms with Gasteiger partial charge < -0.3 is 4.90 Å². The van der Waals surface area contributed by atoms with Crippen molar-refractivity contribution >= 4 is 11.7 Å². The number of nitrogens with one attached hydrogen (secondary N) is 2. The quantitative estimate of drug-likeness (QED) is 0.606. The topological polar surface area (TPSA) is 77.2 Å². The van der Waals surface area contributed by atoms with E-state index in [4.69, 9.17) is 0 Å². The van der Waals surface area contributed by atoms with Crippen LogP contribution in [-0.2, 0) is 17.6 Å². The highest BCUT2D eigenvalue weighted by molar-refractivity contribution is 5.80. The SMILES string of the molecule is CCc1cc(N2CCC[C@H]2c2cc(F)cnc2CCN(NC(=O)C(C)(C)C)C2CC2)[nH]n1. The number of aromatic amines is 1. The molecular formula is C24H35FN6O. The molecule has 0 bridgehead atoms. The van der Waals surface area contributed by atoms with Gasteiger partial charge in [0, 0.05) is 42.7 Å². The number of hydrogen-bond acceptors (Lipinski definition) is 5. The van der Waals surface area contributed by atoms with Gasteiger partial charge in [-0.15, -0.1) is 0 Å². The van der Waals surface area contributed by atoms with Crippen molar-refractivity contribution in [3.8, 4) is 0 Å². The maximum atomic E-state index is 14.3. The Labute approximate surface area is 189 Å². The van der Waals surface area contributed by atoms with E-state index in [0.717, 1.165) is 61.4 Å². The Morgan fingerprint density at radius 2 is 2.09 bits per heavy atom. The highest BCUT2D eigenvalue weighted by atomic mass is 19.1. The highest BCUT2D eigenvalue weighted by Crippen LogP contribution is 2.37. The number of aryl methyl sites for hydroxylation is 1. The molecule has 0 radical (unpaired) electrons. The van der Waals surface area contributed by atoms with Crippen molar-refractivity contribution in [3.05, 3.63) is 41.1 Å². The average Bonchev–Trinajstić information content (AvgIpc) is 3.28. The van der Waals surface area contributed by atoms with Crippen molar-refractivity contribution in [1.29, 1.82) is 0 Å². The predicted molar refractivity (Wildman–Crippen MR) is 123 cm³/mol. The van der Waals surface area contributed by atoms with Crippen LogP contribution < -0.4 is 10.3 Å². The number of hydrogen-bond donors (Lipinski definition) is 2. The summed E-state index contributed by atoms with van der Waals surface area (Å²) < 4.78 is 14.3. The van der Waals surface area contributed by atoms with Gasteiger partial charge in [0.05, 0.1) is 17.9 Å². The molecule has 2 N–H and O–H groups in total. The zero-order valence-corrected chi connectivity index (χ0v) is 19.6. The molecule has 0 aromatic carbocycles. The van der Waals surface area contributed by atoms with Crippen molar-refractivity contribution in [3.63, 3.8) is 0 Å². The van der Waals surface area contributed by atoms with Gasteiger partial charge >= 0.3 is 0 Å². The van der Waals surface area contributed by atoms with E-state index < -0.39 is 5.41 Å². The maximum absolute atomic E-state index is 14.3. The normalized spacial score (nSPS) is 19.1. The lowest BCUT2D eigenvalue weighted by Gasteiger charge is -2.29. The van der Waals surface area contributed by atoms with Crippen LogP contribution in [-0.4, -0.2) is 45.2 Å². The Balaban J connectivity index is 1.52. The minimum absolute atomic E-state index is 0.0182. The van der Waals surface area contributed by atoms with Gasteiger partial charge in [-0.25, -0.2) is 9.40 Å². The number of pyridine rings is 1. The van der Waals surface area contributed by atoms with E-state index >= 15 is 0 Å². The zero-order chi connectivity index (χ0) is 22.9. The number of halogens is 1. The summed E-state index contributed by atoms with van der Waals surface area (Å²) in [5.41, 5.74) is 5.52. The van der Waals surface area contributed by atoms with Crippen LogP contribution >= 0.6 is 0 Å². The molecule has 1 saturated carbocycles. The van der Waals surface area contributed by atoms with Gasteiger partial charge in [-0.2, -0.15) is 5.10 Å². The van der Waals surface area contributed by atoms with Gasteiger partial charge in [0.15, 0.2) is 0 Å². The predicted octanol–water partition coefficient (Wildman–Crippen LogP) is 3.93. The molecule has 3 heterocycles. The molecule has 2 aromatic rings. The first-order valence-electron chi connectivity index (χ1n) is 11.8. The van der Waals surface area contributed by atoms with Gasteiger partial charge in [0.1, 0.15) is 11.6 Å². The fourth-order valence-electron chi connectivity index (χ4n) is 4.28. The first kappa shape index (κ1) is 22.7. The first-order chi connectivity index (χ1) is 15.3. The summed E-state index contributed by atoms with van der Waals surface area (Å²) in [4.78, 5) is 19.3. The molecule has 174 valence electrons. The molecule has 1 atom stereocenters. The molecule has 7 nitrogen and oxygen atoms in total. The number of rotatable bonds is 8. The Morgan fingerprint density at radius 3 is 2.75 bits per heavy atom. The molecule has 8 heteroatoms. The minimum Gasteiger partial charge on any atom is -0.350 e. The molecule has 1 saturated heterocycles. The third-order valence-electron chi connectivity index (χ3n) is 6.37. The van der Waals surface area contributed by atoms with E-state index in [0.29, 0.717) is 19.0 Å². The monoisotopic (exact) mass is 442 g/mol. The number of hydrazine groups is 1. The summed E-state index contributed by atoms with van der Waals surface area (Å²) in [5, 5.41) is 9.58. The lowest BCUT2D eigenvalue weighted by atomic mass is 9.96. The van der Waals surface area contributed by atoms with Crippen molar-refractivity contribution in [2.45, 2.75) is 78.3 Å². The second kappa shape index (κ2) is 9.17. The molecule has 4 rings (SSSR count). The molecular weight excluding hydrogens is 407 g/mol. The third kappa shape index (κ3) is 5.11. The van der Waals surface area contributed by atoms with Crippen LogP contribution in [0.1, 0.15) is 76.4 Å². The van der Waals surface area contributed by atoms with Gasteiger partial charge in [-0.1, -0.05) is 27.7 Å². The fraction of sp³-hybridized carbons (Fsp3) is 0.625. The smallest absolute Gasteiger partial charge is 0.239 e. The Morgan fingerprint density at radius 1 is 1.31 bits per heavy atom. The number of aromatic nitrogens is 3. The van der Waals surface area contributed by atoms with Crippen LogP contribution in [0.2, 0.25) is 0 Å². The van der Waals surface area contributed by atoms with Crippen LogP contribution in [0.25, 0.3) is 0 Å². The summed E-state index contributed by atoms with van der Waals surface area (Å²) in [7, 11) is 0. The van der Waals surface area contributed by atoms with Crippen LogP contribution in [0, 0.1) is 11.2 Å². The van der Waals surface area contributed by atoms with E-state index in [1.165, 1.54) is 6.20 Å². The summed E-state index contributed by atoms with van der Waals surface area (Å²) >= 11 is 0. The van der Waals surface area contributed by atoms with Gasteiger partial charge in [0.25, 0.3) is 0 Å². The number of carbonyl (C=O) groups is 1. The molecule has 1 amide bonds. The number of amides is 1. The molecule has 0 unspecified atom stereocenters. The number of H-pyrrole nitrogens is 1. The first-order valence-corrected chi connectivity index (χ1v) is 11.8. The third-order valence-corrected chi connectivity index (χ3v) is 6.37. The summed E-state index contributed by atoms with van der Waals surface area (Å²) in [5.74, 6) is 0.691. The summed E-state index contributed by atoms with van der Waals surface area (Å²) in [6.45, 7) is 9.40. The van der Waals surface area contributed by atoms with Crippen LogP contribution in [0.15, 0.2) is 18.3 Å². The van der Waals surface area contributed by atoms with Crippen molar-refractivity contribution in [2.75, 3.05) is 18.0 Å². The van der Waals surface area contributed by atoms with Crippen LogP contribution in [0.4, 0.5) is 10.2 Å². The maximum Gasteiger partial charge on any atom is 0.239 e. The highest BCUT2D eigenvalue weighted by Gasteiger charge is 2.34. The Kier molecular flexibility index (Phi) is 6.51. The van der Waals surface area contributed by atoms with E-state index in [2.05, 4.69) is 43.5 Å². The zero-order valence-electron chi connectivity index (χ0n) is 19.6. The summed E-state index contributed by atoms with van der Waals surface area (Å²) in [6, 6.07) is 4.17. The van der Waals surface area contributed by atoms with Gasteiger partial charge in [0.2, 0.25) is 5.91 Å². The number of carbonyl (C=O) groups excluding carboxylic acids is 1. The lowest BCUT2D eigenvalue weighted by molar-refractivity contribution is -0.134. The second-order valence-electron chi connectivity index (χ2n) is 10.0. The van der Waals surface area contributed by atoms with Crippen molar-refractivity contribution < 1.29 is 9.18 Å². The minimum atomic E-state index is -0.446. The standard InChI is InChI=1S/C24H35FN6O/c1-5-17-14-22(28-27-17)30-11-6-7-21(30)19-13-16(25)15-26-20(19)10-12-31(18-8-9-18)29-23(32)24(2,3)4/h13-15,18,21H,5-12H2,1-4H3,(H,27,28)(H,29,32)/t21-/m0/s1. The fourth-order valence-corrected chi connectivity index (χ4v) is 4.28. The van der Waals surface area contributed by atoms with Gasteiger partial charge in [-0.05, 0) is 43.7 Å².